The summed E-state index contributed by atoms with van der Waals surface area (Å²) in [5.74, 6) is 1.65. The standard InChI is InChI=1S/C16H19BrClNO2/c1-3-8-19-16(13-9-11(17)4-6-14(13)18)15-7-5-12(21-15)10-20-2/h4-7,9,16,19H,3,8,10H2,1-2H3. The van der Waals surface area contributed by atoms with E-state index in [0.717, 1.165) is 39.5 Å². The minimum atomic E-state index is -0.0689. The molecule has 114 valence electrons. The molecular weight excluding hydrogens is 354 g/mol. The lowest BCUT2D eigenvalue weighted by Crippen LogP contribution is -2.23. The number of benzene rings is 1. The predicted octanol–water partition coefficient (Wildman–Crippen LogP) is 4.93. The van der Waals surface area contributed by atoms with E-state index in [-0.39, 0.29) is 6.04 Å². The van der Waals surface area contributed by atoms with Crippen LogP contribution in [0.1, 0.15) is 36.5 Å². The first-order valence-corrected chi connectivity index (χ1v) is 8.08. The number of rotatable bonds is 7. The number of methoxy groups -OCH3 is 1. The Morgan fingerprint density at radius 3 is 2.86 bits per heavy atom. The third kappa shape index (κ3) is 4.33. The second kappa shape index (κ2) is 7.99. The molecule has 0 aliphatic heterocycles. The summed E-state index contributed by atoms with van der Waals surface area (Å²) in [5, 5.41) is 4.20. The van der Waals surface area contributed by atoms with Crippen molar-refractivity contribution in [2.75, 3.05) is 13.7 Å². The van der Waals surface area contributed by atoms with Gasteiger partial charge in [-0.2, -0.15) is 0 Å². The maximum absolute atomic E-state index is 6.36. The first kappa shape index (κ1) is 16.6. The van der Waals surface area contributed by atoms with Crippen molar-refractivity contribution in [2.45, 2.75) is 26.0 Å². The SMILES string of the molecule is CCCNC(c1ccc(COC)o1)c1cc(Br)ccc1Cl. The minimum absolute atomic E-state index is 0.0689. The van der Waals surface area contributed by atoms with Gasteiger partial charge in [0.05, 0.1) is 6.04 Å². The van der Waals surface area contributed by atoms with Gasteiger partial charge in [0.25, 0.3) is 0 Å². The number of nitrogens with one attached hydrogen (secondary N) is 1. The summed E-state index contributed by atoms with van der Waals surface area (Å²) in [5.41, 5.74) is 0.998. The number of halogens is 2. The average molecular weight is 373 g/mol. The molecule has 0 saturated heterocycles. The third-order valence-electron chi connectivity index (χ3n) is 3.12. The average Bonchev–Trinajstić information content (AvgIpc) is 2.92. The molecule has 0 saturated carbocycles. The lowest BCUT2D eigenvalue weighted by molar-refractivity contribution is 0.162. The first-order valence-electron chi connectivity index (χ1n) is 6.91. The monoisotopic (exact) mass is 371 g/mol. The molecule has 1 heterocycles. The van der Waals surface area contributed by atoms with E-state index in [2.05, 4.69) is 28.2 Å². The minimum Gasteiger partial charge on any atom is -0.462 e. The molecule has 0 bridgehead atoms. The summed E-state index contributed by atoms with van der Waals surface area (Å²) < 4.78 is 12.0. The molecule has 1 unspecified atom stereocenters. The Bertz CT molecular complexity index is 585. The van der Waals surface area contributed by atoms with Crippen LogP contribution in [0.25, 0.3) is 0 Å². The highest BCUT2D eigenvalue weighted by Crippen LogP contribution is 2.31. The molecule has 0 aliphatic rings. The van der Waals surface area contributed by atoms with E-state index >= 15 is 0 Å². The number of hydrogen-bond acceptors (Lipinski definition) is 3. The van der Waals surface area contributed by atoms with Crippen molar-refractivity contribution in [1.29, 1.82) is 0 Å². The van der Waals surface area contributed by atoms with E-state index in [4.69, 9.17) is 20.8 Å². The zero-order valence-corrected chi connectivity index (χ0v) is 14.5. The van der Waals surface area contributed by atoms with Gasteiger partial charge >= 0.3 is 0 Å². The Balaban J connectivity index is 2.34. The van der Waals surface area contributed by atoms with Gasteiger partial charge in [-0.25, -0.2) is 0 Å². The predicted molar refractivity (Wildman–Crippen MR) is 88.7 cm³/mol. The molecule has 1 atom stereocenters. The Morgan fingerprint density at radius 2 is 2.14 bits per heavy atom. The van der Waals surface area contributed by atoms with Gasteiger partial charge in [0.15, 0.2) is 0 Å². The molecule has 2 aromatic rings. The lowest BCUT2D eigenvalue weighted by Gasteiger charge is -2.18. The van der Waals surface area contributed by atoms with Gasteiger partial charge in [-0.05, 0) is 48.9 Å². The lowest BCUT2D eigenvalue weighted by atomic mass is 10.0. The van der Waals surface area contributed by atoms with Crippen LogP contribution in [-0.4, -0.2) is 13.7 Å². The number of hydrogen-bond donors (Lipinski definition) is 1. The first-order chi connectivity index (χ1) is 10.2. The van der Waals surface area contributed by atoms with Gasteiger partial charge in [0.2, 0.25) is 0 Å². The largest absolute Gasteiger partial charge is 0.462 e. The molecule has 0 aliphatic carbocycles. The molecule has 1 aromatic heterocycles. The van der Waals surface area contributed by atoms with E-state index in [1.54, 1.807) is 7.11 Å². The van der Waals surface area contributed by atoms with Crippen molar-refractivity contribution in [3.63, 3.8) is 0 Å². The summed E-state index contributed by atoms with van der Waals surface area (Å²) in [6.45, 7) is 3.48. The summed E-state index contributed by atoms with van der Waals surface area (Å²) >= 11 is 9.86. The van der Waals surface area contributed by atoms with Crippen LogP contribution < -0.4 is 5.32 Å². The normalized spacial score (nSPS) is 12.6. The quantitative estimate of drug-likeness (QED) is 0.748. The van der Waals surface area contributed by atoms with Crippen LogP contribution in [0.5, 0.6) is 0 Å². The van der Waals surface area contributed by atoms with Gasteiger partial charge in [-0.3, -0.25) is 0 Å². The Labute approximate surface area is 138 Å². The van der Waals surface area contributed by atoms with Crippen molar-refractivity contribution in [3.8, 4) is 0 Å². The molecular formula is C16H19BrClNO2. The van der Waals surface area contributed by atoms with E-state index in [1.807, 2.05) is 30.3 Å². The van der Waals surface area contributed by atoms with E-state index < -0.39 is 0 Å². The van der Waals surface area contributed by atoms with Gasteiger partial charge in [0.1, 0.15) is 18.1 Å². The van der Waals surface area contributed by atoms with Gasteiger partial charge in [-0.1, -0.05) is 34.5 Å². The van der Waals surface area contributed by atoms with Crippen molar-refractivity contribution in [2.24, 2.45) is 0 Å². The molecule has 2 rings (SSSR count). The molecule has 0 radical (unpaired) electrons. The second-order valence-corrected chi connectivity index (χ2v) is 6.11. The topological polar surface area (TPSA) is 34.4 Å². The molecule has 0 amide bonds. The van der Waals surface area contributed by atoms with E-state index in [0.29, 0.717) is 6.61 Å². The molecule has 0 spiro atoms. The van der Waals surface area contributed by atoms with Crippen molar-refractivity contribution in [1.82, 2.24) is 5.32 Å². The van der Waals surface area contributed by atoms with Crippen molar-refractivity contribution >= 4 is 27.5 Å². The van der Waals surface area contributed by atoms with Crippen LogP contribution in [0.3, 0.4) is 0 Å². The zero-order valence-electron chi connectivity index (χ0n) is 12.2. The summed E-state index contributed by atoms with van der Waals surface area (Å²) in [4.78, 5) is 0. The fraction of sp³-hybridized carbons (Fsp3) is 0.375. The van der Waals surface area contributed by atoms with Gasteiger partial charge in [-0.15, -0.1) is 0 Å². The van der Waals surface area contributed by atoms with Crippen molar-refractivity contribution in [3.05, 3.63) is 56.9 Å². The van der Waals surface area contributed by atoms with Crippen LogP contribution >= 0.6 is 27.5 Å². The highest BCUT2D eigenvalue weighted by molar-refractivity contribution is 9.10. The fourth-order valence-corrected chi connectivity index (χ4v) is 2.76. The molecule has 0 fully saturated rings. The zero-order chi connectivity index (χ0) is 15.2. The summed E-state index contributed by atoms with van der Waals surface area (Å²) in [7, 11) is 1.65. The summed E-state index contributed by atoms with van der Waals surface area (Å²) in [6, 6.07) is 9.68. The van der Waals surface area contributed by atoms with Gasteiger partial charge < -0.3 is 14.5 Å². The molecule has 1 aromatic carbocycles. The van der Waals surface area contributed by atoms with Crippen LogP contribution in [-0.2, 0) is 11.3 Å². The van der Waals surface area contributed by atoms with E-state index in [9.17, 15) is 0 Å². The molecule has 1 N–H and O–H groups in total. The highest BCUT2D eigenvalue weighted by Gasteiger charge is 2.20. The number of furan rings is 1. The third-order valence-corrected chi connectivity index (χ3v) is 3.96. The highest BCUT2D eigenvalue weighted by atomic mass is 79.9. The fourth-order valence-electron chi connectivity index (χ4n) is 2.16. The Hall–Kier alpha value is -0.810. The molecule has 5 heteroatoms. The van der Waals surface area contributed by atoms with Gasteiger partial charge in [0, 0.05) is 16.6 Å². The Kier molecular flexibility index (Phi) is 6.30. The Morgan fingerprint density at radius 1 is 1.33 bits per heavy atom. The molecule has 21 heavy (non-hydrogen) atoms. The molecule has 3 nitrogen and oxygen atoms in total. The maximum atomic E-state index is 6.36. The number of ether oxygens (including phenoxy) is 1. The smallest absolute Gasteiger partial charge is 0.129 e. The summed E-state index contributed by atoms with van der Waals surface area (Å²) in [6.07, 6.45) is 1.04. The van der Waals surface area contributed by atoms with Crippen LogP contribution in [0.2, 0.25) is 5.02 Å². The van der Waals surface area contributed by atoms with Crippen LogP contribution in [0, 0.1) is 0 Å². The van der Waals surface area contributed by atoms with Crippen LogP contribution in [0.4, 0.5) is 0 Å². The maximum Gasteiger partial charge on any atom is 0.129 e. The van der Waals surface area contributed by atoms with E-state index in [1.165, 1.54) is 0 Å². The second-order valence-electron chi connectivity index (χ2n) is 4.79. The van der Waals surface area contributed by atoms with Crippen LogP contribution in [0.15, 0.2) is 39.2 Å². The van der Waals surface area contributed by atoms with Crippen molar-refractivity contribution < 1.29 is 9.15 Å².